The lowest BCUT2D eigenvalue weighted by Gasteiger charge is -2.43. The van der Waals surface area contributed by atoms with E-state index < -0.39 is 0 Å². The van der Waals surface area contributed by atoms with Crippen molar-refractivity contribution in [2.24, 2.45) is 5.41 Å². The largest absolute Gasteiger partial charge is 0.382 e. The summed E-state index contributed by atoms with van der Waals surface area (Å²) in [6.07, 6.45) is 10.2. The van der Waals surface area contributed by atoms with E-state index in [2.05, 4.69) is 22.7 Å². The van der Waals surface area contributed by atoms with Crippen molar-refractivity contribution in [2.45, 2.75) is 39.0 Å². The Kier molecular flexibility index (Phi) is 5.27. The number of aromatic nitrogens is 3. The number of carbonyl (C=O) groups is 1. The number of likely N-dealkylation sites (tertiary alicyclic amines) is 1. The number of aryl methyl sites for hydroxylation is 1. The van der Waals surface area contributed by atoms with E-state index in [4.69, 9.17) is 5.73 Å². The third kappa shape index (κ3) is 3.61. The van der Waals surface area contributed by atoms with Crippen LogP contribution in [0.25, 0.3) is 22.2 Å². The lowest BCUT2D eigenvalue weighted by atomic mass is 9.68. The molecule has 1 aliphatic carbocycles. The van der Waals surface area contributed by atoms with Crippen LogP contribution in [0, 0.1) is 18.2 Å². The van der Waals surface area contributed by atoms with E-state index in [9.17, 15) is 9.18 Å². The number of amides is 1. The number of carbonyl (C=O) groups excluding carboxylic acids is 1. The molecule has 1 aromatic carbocycles. The number of hydrogen-bond donors (Lipinski definition) is 1. The van der Waals surface area contributed by atoms with Gasteiger partial charge in [-0.25, -0.2) is 13.9 Å². The van der Waals surface area contributed by atoms with E-state index in [-0.39, 0.29) is 17.1 Å². The van der Waals surface area contributed by atoms with Crippen LogP contribution < -0.4 is 5.73 Å². The van der Waals surface area contributed by atoms with Gasteiger partial charge in [0.25, 0.3) is 0 Å². The summed E-state index contributed by atoms with van der Waals surface area (Å²) in [6.45, 7) is 7.24. The first-order valence-electron chi connectivity index (χ1n) is 11.4. The standard InChI is InChI=1S/C26H28FN5O/c1-3-21(33)31-14-12-26(13-15-31)10-8-19(9-11-26)22-17(2)32-24(25(28)29-16-30-32)23(22)18-4-6-20(27)7-5-18/h3-8,16H,1,9-15H2,2H3,(H2,28,29,30). The molecule has 170 valence electrons. The van der Waals surface area contributed by atoms with Crippen molar-refractivity contribution >= 4 is 22.8 Å². The zero-order valence-electron chi connectivity index (χ0n) is 18.9. The van der Waals surface area contributed by atoms with Crippen LogP contribution in [-0.2, 0) is 4.79 Å². The van der Waals surface area contributed by atoms with E-state index in [1.165, 1.54) is 30.1 Å². The summed E-state index contributed by atoms with van der Waals surface area (Å²) >= 11 is 0. The van der Waals surface area contributed by atoms with Gasteiger partial charge in [0.1, 0.15) is 17.7 Å². The molecule has 0 saturated carbocycles. The van der Waals surface area contributed by atoms with Crippen LogP contribution in [0.4, 0.5) is 10.2 Å². The molecule has 7 heteroatoms. The number of rotatable bonds is 3. The number of halogens is 1. The van der Waals surface area contributed by atoms with E-state index in [0.29, 0.717) is 5.82 Å². The van der Waals surface area contributed by atoms with Crippen LogP contribution >= 0.6 is 0 Å². The molecular weight excluding hydrogens is 417 g/mol. The maximum Gasteiger partial charge on any atom is 0.245 e. The maximum absolute atomic E-state index is 13.7. The summed E-state index contributed by atoms with van der Waals surface area (Å²) in [5, 5.41) is 4.46. The van der Waals surface area contributed by atoms with Crippen LogP contribution in [0.1, 0.15) is 43.4 Å². The number of nitrogens with zero attached hydrogens (tertiary/aromatic N) is 4. The number of piperidine rings is 1. The van der Waals surface area contributed by atoms with Gasteiger partial charge in [0.15, 0.2) is 5.82 Å². The van der Waals surface area contributed by atoms with Gasteiger partial charge in [-0.2, -0.15) is 5.10 Å². The number of anilines is 1. The predicted octanol–water partition coefficient (Wildman–Crippen LogP) is 4.79. The Morgan fingerprint density at radius 2 is 1.91 bits per heavy atom. The van der Waals surface area contributed by atoms with Gasteiger partial charge in [0.05, 0.1) is 0 Å². The molecule has 1 fully saturated rings. The average Bonchev–Trinajstić information content (AvgIpc) is 3.14. The molecule has 1 spiro atoms. The molecule has 1 saturated heterocycles. The summed E-state index contributed by atoms with van der Waals surface area (Å²) in [6, 6.07) is 6.52. The van der Waals surface area contributed by atoms with E-state index in [1.807, 2.05) is 16.3 Å². The molecule has 3 aromatic rings. The number of hydrogen-bond acceptors (Lipinski definition) is 4. The van der Waals surface area contributed by atoms with Crippen molar-refractivity contribution in [1.82, 2.24) is 19.5 Å². The highest BCUT2D eigenvalue weighted by atomic mass is 19.1. The fraction of sp³-hybridized carbons (Fsp3) is 0.346. The molecule has 6 nitrogen and oxygen atoms in total. The summed E-state index contributed by atoms with van der Waals surface area (Å²) in [7, 11) is 0. The van der Waals surface area contributed by atoms with Gasteiger partial charge >= 0.3 is 0 Å². The van der Waals surface area contributed by atoms with Crippen LogP contribution in [0.5, 0.6) is 0 Å². The monoisotopic (exact) mass is 445 g/mol. The molecule has 33 heavy (non-hydrogen) atoms. The summed E-state index contributed by atoms with van der Waals surface area (Å²) in [4.78, 5) is 18.1. The molecule has 0 unspecified atom stereocenters. The van der Waals surface area contributed by atoms with E-state index >= 15 is 0 Å². The average molecular weight is 446 g/mol. The van der Waals surface area contributed by atoms with Crippen molar-refractivity contribution in [3.05, 3.63) is 66.4 Å². The molecule has 2 aliphatic rings. The van der Waals surface area contributed by atoms with Crippen molar-refractivity contribution in [3.63, 3.8) is 0 Å². The second-order valence-electron chi connectivity index (χ2n) is 9.21. The summed E-state index contributed by atoms with van der Waals surface area (Å²) in [5.74, 6) is 0.159. The first-order valence-corrected chi connectivity index (χ1v) is 11.4. The highest BCUT2D eigenvalue weighted by Crippen LogP contribution is 2.48. The van der Waals surface area contributed by atoms with Gasteiger partial charge in [-0.05, 0) is 73.8 Å². The highest BCUT2D eigenvalue weighted by molar-refractivity contribution is 5.97. The van der Waals surface area contributed by atoms with Crippen molar-refractivity contribution in [1.29, 1.82) is 0 Å². The molecule has 1 aliphatic heterocycles. The van der Waals surface area contributed by atoms with Gasteiger partial charge in [-0.3, -0.25) is 4.79 Å². The Hall–Kier alpha value is -3.48. The molecule has 0 radical (unpaired) electrons. The van der Waals surface area contributed by atoms with Gasteiger partial charge < -0.3 is 10.6 Å². The lowest BCUT2D eigenvalue weighted by Crippen LogP contribution is -2.43. The SMILES string of the molecule is C=CC(=O)N1CCC2(CC=C(c3c(-c4ccc(F)cc4)c4c(N)ncnn4c3C)CC2)CC1. The fourth-order valence-corrected chi connectivity index (χ4v) is 5.51. The van der Waals surface area contributed by atoms with Gasteiger partial charge in [-0.1, -0.05) is 24.8 Å². The van der Waals surface area contributed by atoms with E-state index in [0.717, 1.165) is 73.1 Å². The fourth-order valence-electron chi connectivity index (χ4n) is 5.51. The van der Waals surface area contributed by atoms with Crippen LogP contribution in [-0.4, -0.2) is 38.5 Å². The van der Waals surface area contributed by atoms with E-state index in [1.54, 1.807) is 12.1 Å². The first-order chi connectivity index (χ1) is 15.9. The lowest BCUT2D eigenvalue weighted by molar-refractivity contribution is -0.128. The summed E-state index contributed by atoms with van der Waals surface area (Å²) in [5.41, 5.74) is 12.5. The number of allylic oxidation sites excluding steroid dienone is 2. The Morgan fingerprint density at radius 1 is 1.18 bits per heavy atom. The minimum atomic E-state index is -0.273. The molecule has 0 bridgehead atoms. The minimum absolute atomic E-state index is 0.0238. The zero-order chi connectivity index (χ0) is 23.2. The van der Waals surface area contributed by atoms with Crippen LogP contribution in [0.3, 0.4) is 0 Å². The first kappa shape index (κ1) is 21.4. The number of nitrogens with two attached hydrogens (primary N) is 1. The van der Waals surface area contributed by atoms with Crippen molar-refractivity contribution < 1.29 is 9.18 Å². The second kappa shape index (κ2) is 8.14. The van der Waals surface area contributed by atoms with Gasteiger partial charge in [0.2, 0.25) is 5.91 Å². The summed E-state index contributed by atoms with van der Waals surface area (Å²) < 4.78 is 15.5. The number of fused-ring (bicyclic) bond motifs is 1. The molecule has 0 atom stereocenters. The van der Waals surface area contributed by atoms with Gasteiger partial charge in [0, 0.05) is 29.9 Å². The van der Waals surface area contributed by atoms with Crippen LogP contribution in [0.2, 0.25) is 0 Å². The smallest absolute Gasteiger partial charge is 0.245 e. The minimum Gasteiger partial charge on any atom is -0.382 e. The van der Waals surface area contributed by atoms with Crippen molar-refractivity contribution in [3.8, 4) is 11.1 Å². The Labute approximate surface area is 192 Å². The highest BCUT2D eigenvalue weighted by Gasteiger charge is 2.37. The third-order valence-electron chi connectivity index (χ3n) is 7.46. The van der Waals surface area contributed by atoms with Crippen LogP contribution in [0.15, 0.2) is 49.3 Å². The molecule has 3 heterocycles. The quantitative estimate of drug-likeness (QED) is 0.588. The molecule has 2 N–H and O–H groups in total. The Morgan fingerprint density at radius 3 is 2.55 bits per heavy atom. The second-order valence-corrected chi connectivity index (χ2v) is 9.21. The molecule has 2 aromatic heterocycles. The Bertz CT molecular complexity index is 1270. The number of benzene rings is 1. The topological polar surface area (TPSA) is 76.5 Å². The number of nitrogen functional groups attached to an aromatic ring is 1. The predicted molar refractivity (Wildman–Crippen MR) is 128 cm³/mol. The molecular formula is C26H28FN5O. The normalized spacial score (nSPS) is 17.9. The maximum atomic E-state index is 13.7. The Balaban J connectivity index is 1.53. The third-order valence-corrected chi connectivity index (χ3v) is 7.46. The zero-order valence-corrected chi connectivity index (χ0v) is 18.9. The molecule has 1 amide bonds. The van der Waals surface area contributed by atoms with Crippen molar-refractivity contribution in [2.75, 3.05) is 18.8 Å². The molecule has 5 rings (SSSR count). The van der Waals surface area contributed by atoms with Gasteiger partial charge in [-0.15, -0.1) is 0 Å².